The molecule has 0 spiro atoms. The molecule has 0 aliphatic carbocycles. The van der Waals surface area contributed by atoms with Gasteiger partial charge in [-0.15, -0.1) is 10.5 Å². The standard InChI is InChI=1S/C18H17N4O/c1-4-13-8-10-14(11-9-13)15-6-5-7-16(12-15)17-19-21(2)18(23)22(3)20-17/h4-12H,1H2,2-3H3. The molecule has 3 rings (SSSR count). The van der Waals surface area contributed by atoms with Crippen LogP contribution in [0.25, 0.3) is 17.2 Å². The molecule has 2 aromatic carbocycles. The van der Waals surface area contributed by atoms with E-state index in [4.69, 9.17) is 0 Å². The van der Waals surface area contributed by atoms with Crippen LogP contribution < -0.4 is 5.43 Å². The molecule has 1 aliphatic heterocycles. The molecule has 5 nitrogen and oxygen atoms in total. The molecule has 1 aliphatic rings. The van der Waals surface area contributed by atoms with Gasteiger partial charge in [-0.2, -0.15) is 0 Å². The van der Waals surface area contributed by atoms with Gasteiger partial charge in [-0.25, -0.2) is 14.8 Å². The first kappa shape index (κ1) is 14.8. The molecule has 115 valence electrons. The molecule has 0 fully saturated rings. The summed E-state index contributed by atoms with van der Waals surface area (Å²) in [6, 6.07) is 15.8. The molecule has 2 aromatic rings. The summed E-state index contributed by atoms with van der Waals surface area (Å²) >= 11 is 0. The molecular formula is C18H17N4O. The Morgan fingerprint density at radius 1 is 0.957 bits per heavy atom. The second kappa shape index (κ2) is 5.96. The first-order chi connectivity index (χ1) is 11.1. The van der Waals surface area contributed by atoms with Gasteiger partial charge in [-0.1, -0.05) is 55.1 Å². The molecular weight excluding hydrogens is 288 g/mol. The van der Waals surface area contributed by atoms with Gasteiger partial charge in [0.15, 0.2) is 5.84 Å². The van der Waals surface area contributed by atoms with Crippen molar-refractivity contribution in [2.75, 3.05) is 14.1 Å². The average molecular weight is 305 g/mol. The highest BCUT2D eigenvalue weighted by Gasteiger charge is 2.24. The molecule has 0 atom stereocenters. The number of benzene rings is 2. The molecule has 0 saturated carbocycles. The molecule has 0 aromatic heterocycles. The Bertz CT molecular complexity index is 780. The van der Waals surface area contributed by atoms with Crippen LogP contribution in [-0.4, -0.2) is 36.0 Å². The van der Waals surface area contributed by atoms with Crippen LogP contribution in [0.5, 0.6) is 0 Å². The van der Waals surface area contributed by atoms with Crippen LogP contribution in [-0.2, 0) is 0 Å². The molecule has 1 heterocycles. The normalized spacial score (nSPS) is 14.3. The van der Waals surface area contributed by atoms with Gasteiger partial charge in [-0.3, -0.25) is 0 Å². The second-order valence-corrected chi connectivity index (χ2v) is 5.26. The predicted octanol–water partition coefficient (Wildman–Crippen LogP) is 3.17. The third-order valence-electron chi connectivity index (χ3n) is 3.64. The van der Waals surface area contributed by atoms with Gasteiger partial charge in [0.2, 0.25) is 0 Å². The van der Waals surface area contributed by atoms with Gasteiger partial charge in [0, 0.05) is 19.7 Å². The Balaban J connectivity index is 1.95. The largest absolute Gasteiger partial charge is 0.360 e. The molecule has 0 unspecified atom stereocenters. The van der Waals surface area contributed by atoms with E-state index >= 15 is 0 Å². The maximum Gasteiger partial charge on any atom is 0.360 e. The van der Waals surface area contributed by atoms with E-state index in [1.54, 1.807) is 14.1 Å². The minimum Gasteiger partial charge on any atom is -0.244 e. The lowest BCUT2D eigenvalue weighted by Crippen LogP contribution is -2.48. The SMILES string of the molecule is C=Cc1ccc(-c2cccc(C3=NN(C)C(=O)N(C)[N]3)c2)cc1. The van der Waals surface area contributed by atoms with Crippen LogP contribution in [0.2, 0.25) is 0 Å². The van der Waals surface area contributed by atoms with Crippen molar-refractivity contribution in [2.45, 2.75) is 0 Å². The molecule has 0 N–H and O–H groups in total. The molecule has 1 radical (unpaired) electrons. The zero-order valence-electron chi connectivity index (χ0n) is 13.1. The fourth-order valence-corrected chi connectivity index (χ4v) is 2.36. The third kappa shape index (κ3) is 2.94. The topological polar surface area (TPSA) is 50.0 Å². The van der Waals surface area contributed by atoms with Crippen molar-refractivity contribution in [3.63, 3.8) is 0 Å². The van der Waals surface area contributed by atoms with E-state index in [9.17, 15) is 4.79 Å². The van der Waals surface area contributed by atoms with E-state index in [0.717, 1.165) is 22.3 Å². The number of amidine groups is 1. The second-order valence-electron chi connectivity index (χ2n) is 5.26. The number of urea groups is 1. The van der Waals surface area contributed by atoms with Crippen molar-refractivity contribution in [1.82, 2.24) is 15.4 Å². The average Bonchev–Trinajstić information content (AvgIpc) is 2.59. The fourth-order valence-electron chi connectivity index (χ4n) is 2.36. The van der Waals surface area contributed by atoms with Crippen molar-refractivity contribution in [3.8, 4) is 11.1 Å². The van der Waals surface area contributed by atoms with E-state index < -0.39 is 0 Å². The first-order valence-corrected chi connectivity index (χ1v) is 7.23. The first-order valence-electron chi connectivity index (χ1n) is 7.23. The van der Waals surface area contributed by atoms with Crippen LogP contribution in [0, 0.1) is 0 Å². The summed E-state index contributed by atoms with van der Waals surface area (Å²) in [5.41, 5.74) is 8.34. The Hall–Kier alpha value is -3.08. The van der Waals surface area contributed by atoms with Gasteiger partial charge in [-0.05, 0) is 22.8 Å². The summed E-state index contributed by atoms with van der Waals surface area (Å²) in [6.45, 7) is 3.76. The highest BCUT2D eigenvalue weighted by molar-refractivity contribution is 6.02. The Kier molecular flexibility index (Phi) is 3.85. The van der Waals surface area contributed by atoms with Crippen LogP contribution >= 0.6 is 0 Å². The zero-order valence-corrected chi connectivity index (χ0v) is 13.1. The number of hydrazone groups is 1. The van der Waals surface area contributed by atoms with Crippen molar-refractivity contribution >= 4 is 17.9 Å². The molecule has 0 bridgehead atoms. The number of rotatable bonds is 3. The molecule has 5 heteroatoms. The van der Waals surface area contributed by atoms with Crippen molar-refractivity contribution in [1.29, 1.82) is 0 Å². The van der Waals surface area contributed by atoms with Crippen molar-refractivity contribution < 1.29 is 4.79 Å². The van der Waals surface area contributed by atoms with E-state index in [-0.39, 0.29) is 6.03 Å². The summed E-state index contributed by atoms with van der Waals surface area (Å²) < 4.78 is 0. The Morgan fingerprint density at radius 2 is 1.65 bits per heavy atom. The van der Waals surface area contributed by atoms with Crippen molar-refractivity contribution in [3.05, 3.63) is 66.2 Å². The van der Waals surface area contributed by atoms with E-state index in [1.165, 1.54) is 10.0 Å². The lowest BCUT2D eigenvalue weighted by molar-refractivity contribution is 0.155. The maximum absolute atomic E-state index is 11.7. The van der Waals surface area contributed by atoms with Crippen LogP contribution in [0.4, 0.5) is 4.79 Å². The van der Waals surface area contributed by atoms with Gasteiger partial charge in [0.1, 0.15) is 0 Å². The van der Waals surface area contributed by atoms with Crippen LogP contribution in [0.15, 0.2) is 60.2 Å². The summed E-state index contributed by atoms with van der Waals surface area (Å²) in [5, 5.41) is 6.80. The van der Waals surface area contributed by atoms with E-state index in [2.05, 4.69) is 29.2 Å². The van der Waals surface area contributed by atoms with Crippen LogP contribution in [0.1, 0.15) is 11.1 Å². The Morgan fingerprint density at radius 3 is 2.30 bits per heavy atom. The summed E-state index contributed by atoms with van der Waals surface area (Å²) in [5.74, 6) is 0.513. The van der Waals surface area contributed by atoms with Gasteiger partial charge in [0.25, 0.3) is 0 Å². The minimum atomic E-state index is -0.259. The number of carbonyl (C=O) groups is 1. The smallest absolute Gasteiger partial charge is 0.244 e. The summed E-state index contributed by atoms with van der Waals surface area (Å²) in [4.78, 5) is 11.7. The van der Waals surface area contributed by atoms with E-state index in [0.29, 0.717) is 5.84 Å². The highest BCUT2D eigenvalue weighted by atomic mass is 16.2. The molecule has 2 amide bonds. The third-order valence-corrected chi connectivity index (χ3v) is 3.64. The Labute approximate surface area is 135 Å². The lowest BCUT2D eigenvalue weighted by atomic mass is 10.0. The summed E-state index contributed by atoms with van der Waals surface area (Å²) in [6.07, 6.45) is 1.82. The number of carbonyl (C=O) groups excluding carboxylic acids is 1. The monoisotopic (exact) mass is 305 g/mol. The number of amides is 2. The number of hydrogen-bond acceptors (Lipinski definition) is 2. The lowest BCUT2D eigenvalue weighted by Gasteiger charge is -2.26. The number of hydrogen-bond donors (Lipinski definition) is 0. The van der Waals surface area contributed by atoms with Crippen LogP contribution in [0.3, 0.4) is 0 Å². The molecule has 23 heavy (non-hydrogen) atoms. The summed E-state index contributed by atoms with van der Waals surface area (Å²) in [7, 11) is 3.23. The fraction of sp³-hybridized carbons (Fsp3) is 0.111. The van der Waals surface area contributed by atoms with Crippen molar-refractivity contribution in [2.24, 2.45) is 5.10 Å². The minimum absolute atomic E-state index is 0.259. The van der Waals surface area contributed by atoms with E-state index in [1.807, 2.05) is 42.5 Å². The predicted molar refractivity (Wildman–Crippen MR) is 91.6 cm³/mol. The highest BCUT2D eigenvalue weighted by Crippen LogP contribution is 2.22. The number of nitrogens with zero attached hydrogens (tertiary/aromatic N) is 4. The maximum atomic E-state index is 11.7. The quantitative estimate of drug-likeness (QED) is 0.859. The molecule has 0 saturated heterocycles. The zero-order chi connectivity index (χ0) is 16.4. The van der Waals surface area contributed by atoms with Gasteiger partial charge in [0.05, 0.1) is 0 Å². The van der Waals surface area contributed by atoms with Gasteiger partial charge < -0.3 is 0 Å². The van der Waals surface area contributed by atoms with Gasteiger partial charge >= 0.3 is 6.03 Å².